The standard InChI is InChI=1S/C8H5O7S.Mg.Na/c9-7(10)4-1-5(8(11)12)3-6(2-4)16(13,14)15;;/h1-2H,(H,9,10)(H,11,12)(H,13,14,15);;/q;+2;/p-2. The second-order valence-corrected chi connectivity index (χ2v) is 5.59. The Labute approximate surface area is 136 Å². The van der Waals surface area contributed by atoms with Gasteiger partial charge in [-0.05, 0) is 0 Å². The maximum absolute atomic E-state index is 11.0. The summed E-state index contributed by atoms with van der Waals surface area (Å²) in [7, 11) is -4.69. The van der Waals surface area contributed by atoms with E-state index >= 15 is 0 Å². The molecule has 0 aliphatic heterocycles. The van der Waals surface area contributed by atoms with Crippen molar-refractivity contribution in [3.63, 3.8) is 0 Å². The third-order valence-electron chi connectivity index (χ3n) is 2.09. The molecule has 1 aromatic carbocycles. The molecule has 0 bridgehead atoms. The van der Waals surface area contributed by atoms with Gasteiger partial charge in [-0.15, -0.1) is 0 Å². The molecule has 0 radical (unpaired) electrons. The van der Waals surface area contributed by atoms with E-state index in [1.54, 1.807) is 0 Å². The second kappa shape index (κ2) is 6.33. The summed E-state index contributed by atoms with van der Waals surface area (Å²) in [6.07, 6.45) is 0. The first kappa shape index (κ1) is 17.8. The largest absolute Gasteiger partial charge is 2.00 e. The Morgan fingerprint density at radius 2 is 1.67 bits per heavy atom. The Bertz CT molecular complexity index is 610. The van der Waals surface area contributed by atoms with Crippen molar-refractivity contribution in [2.24, 2.45) is 0 Å². The van der Waals surface area contributed by atoms with E-state index in [0.29, 0.717) is 6.07 Å². The number of carbonyl (C=O) groups excluding carboxylic acids is 2. The topological polar surface area (TPSA) is 135 Å². The van der Waals surface area contributed by atoms with E-state index in [4.69, 9.17) is 4.55 Å². The maximum Gasteiger partial charge on any atom is 2.00 e. The van der Waals surface area contributed by atoms with E-state index in [2.05, 4.69) is 0 Å². The number of carboxylic acid groups (broad SMARTS) is 2. The quantitative estimate of drug-likeness (QED) is 0.443. The van der Waals surface area contributed by atoms with Crippen molar-refractivity contribution < 1.29 is 32.8 Å². The molecule has 0 unspecified atom stereocenters. The van der Waals surface area contributed by atoms with E-state index in [-0.39, 0.29) is 53.8 Å². The van der Waals surface area contributed by atoms with Crippen LogP contribution in [-0.2, 0) is 10.1 Å². The Balaban J connectivity index is 0.00000289. The van der Waals surface area contributed by atoms with Gasteiger partial charge in [0.25, 0.3) is 0 Å². The number of rotatable bonds is 3. The smallest absolute Gasteiger partial charge is 2.00 e. The number of aromatic carboxylic acids is 2. The normalized spacial score (nSPS) is 10.6. The molecule has 10 heteroatoms. The first-order valence-corrected chi connectivity index (χ1v) is 6.63. The number of hydrogen-bond donors (Lipinski definition) is 1. The number of carboxylic acids is 2. The van der Waals surface area contributed by atoms with Gasteiger partial charge >= 0.3 is 137 Å². The van der Waals surface area contributed by atoms with Crippen molar-refractivity contribution in [1.29, 1.82) is 0 Å². The van der Waals surface area contributed by atoms with Gasteiger partial charge in [0.15, 0.2) is 0 Å². The Kier molecular flexibility index (Phi) is 6.27. The first-order valence-electron chi connectivity index (χ1n) is 4.19. The van der Waals surface area contributed by atoms with Crippen LogP contribution in [-0.4, -0.2) is 75.9 Å². The Morgan fingerprint density at radius 3 is 2.00 bits per heavy atom. The zero-order chi connectivity index (χ0) is 13.4. The van der Waals surface area contributed by atoms with E-state index in [1.807, 2.05) is 0 Å². The molecule has 0 atom stereocenters. The average Bonchev–Trinajstić information content (AvgIpc) is 2.15. The molecule has 0 aliphatic rings. The molecule has 1 aromatic rings. The van der Waals surface area contributed by atoms with Crippen LogP contribution in [0.25, 0.3) is 0 Å². The summed E-state index contributed by atoms with van der Waals surface area (Å²) in [5.41, 5.74) is -1.23. The monoisotopic (exact) mass is 290 g/mol. The summed E-state index contributed by atoms with van der Waals surface area (Å²) < 4.78 is 30.6. The van der Waals surface area contributed by atoms with Gasteiger partial charge in [-0.25, -0.2) is 0 Å². The molecule has 0 fully saturated rings. The van der Waals surface area contributed by atoms with Crippen molar-refractivity contribution in [2.75, 3.05) is 0 Å². The first-order chi connectivity index (χ1) is 7.64. The average molecular weight is 290 g/mol. The van der Waals surface area contributed by atoms with Crippen LogP contribution >= 0.6 is 0 Å². The minimum Gasteiger partial charge on any atom is 2.00 e. The Hall–Kier alpha value is -0.164. The molecule has 0 saturated heterocycles. The van der Waals surface area contributed by atoms with Crippen LogP contribution in [0.3, 0.4) is 0 Å². The van der Waals surface area contributed by atoms with E-state index in [0.717, 1.165) is 6.07 Å². The van der Waals surface area contributed by atoms with Crippen LogP contribution < -0.4 is 13.0 Å². The fourth-order valence-electron chi connectivity index (χ4n) is 1.29. The summed E-state index contributed by atoms with van der Waals surface area (Å²) in [6, 6.07) is 1.39. The van der Waals surface area contributed by atoms with Gasteiger partial charge in [-0.3, -0.25) is 0 Å². The molecule has 0 aromatic heterocycles. The number of hydrogen-bond acceptors (Lipinski definition) is 6. The van der Waals surface area contributed by atoms with Crippen LogP contribution in [0.1, 0.15) is 20.7 Å². The molecular weight excluding hydrogens is 287 g/mol. The molecule has 1 N–H and O–H groups in total. The predicted molar refractivity (Wildman–Crippen MR) is 56.1 cm³/mol. The molecule has 18 heavy (non-hydrogen) atoms. The number of benzene rings is 1. The zero-order valence-electron chi connectivity index (χ0n) is 9.17. The van der Waals surface area contributed by atoms with Crippen LogP contribution in [0.4, 0.5) is 0 Å². The molecule has 1 rings (SSSR count). The second-order valence-electron chi connectivity index (χ2n) is 3.20. The van der Waals surface area contributed by atoms with Crippen molar-refractivity contribution in [2.45, 2.75) is 4.90 Å². The maximum atomic E-state index is 11.0. The van der Waals surface area contributed by atoms with E-state index < -0.39 is 38.1 Å². The molecule has 0 amide bonds. The van der Waals surface area contributed by atoms with Crippen LogP contribution in [0.15, 0.2) is 17.0 Å². The molecule has 7 nitrogen and oxygen atoms in total. The summed E-state index contributed by atoms with van der Waals surface area (Å²) in [4.78, 5) is 20.5. The fourth-order valence-corrected chi connectivity index (χ4v) is 3.32. The zero-order valence-corrected chi connectivity index (χ0v) is 13.4. The van der Waals surface area contributed by atoms with Gasteiger partial charge in [0, 0.05) is 0 Å². The van der Waals surface area contributed by atoms with Gasteiger partial charge in [0.2, 0.25) is 0 Å². The SMILES string of the molecule is O=C([O-])c1cc(C(=O)[O-])[c]([Na])c(S(=O)(=O)O)c1.[Mg+2]. The van der Waals surface area contributed by atoms with E-state index in [9.17, 15) is 28.2 Å². The van der Waals surface area contributed by atoms with Gasteiger partial charge < -0.3 is 0 Å². The van der Waals surface area contributed by atoms with Gasteiger partial charge in [0.1, 0.15) is 0 Å². The van der Waals surface area contributed by atoms with Gasteiger partial charge in [-0.1, -0.05) is 0 Å². The molecule has 0 aliphatic carbocycles. The number of carbonyl (C=O) groups is 2. The Morgan fingerprint density at radius 1 is 1.17 bits per heavy atom. The molecule has 0 spiro atoms. The third kappa shape index (κ3) is 3.92. The van der Waals surface area contributed by atoms with Gasteiger partial charge in [-0.2, -0.15) is 0 Å². The third-order valence-corrected chi connectivity index (χ3v) is 4.51. The minimum absolute atomic E-state index is 0. The molecular formula is C8H3MgNaO7S. The summed E-state index contributed by atoms with van der Waals surface area (Å²) >= 11 is -0.0238. The van der Waals surface area contributed by atoms with Gasteiger partial charge in [0.05, 0.1) is 0 Å². The van der Waals surface area contributed by atoms with Crippen molar-refractivity contribution in [1.82, 2.24) is 0 Å². The molecule has 86 valence electrons. The summed E-state index contributed by atoms with van der Waals surface area (Å²) in [5, 5.41) is 21.3. The minimum atomic E-state index is -4.69. The fraction of sp³-hybridized carbons (Fsp3) is 0. The summed E-state index contributed by atoms with van der Waals surface area (Å²) in [6.45, 7) is 0. The molecule has 0 heterocycles. The summed E-state index contributed by atoms with van der Waals surface area (Å²) in [5.74, 6) is -3.47. The van der Waals surface area contributed by atoms with Crippen molar-refractivity contribution in [3.05, 3.63) is 23.3 Å². The van der Waals surface area contributed by atoms with E-state index in [1.165, 1.54) is 0 Å². The van der Waals surface area contributed by atoms with Crippen LogP contribution in [0.5, 0.6) is 0 Å². The predicted octanol–water partition coefficient (Wildman–Crippen LogP) is -3.93. The van der Waals surface area contributed by atoms with Crippen molar-refractivity contribution in [3.8, 4) is 0 Å². The van der Waals surface area contributed by atoms with Crippen LogP contribution in [0.2, 0.25) is 0 Å². The van der Waals surface area contributed by atoms with Crippen LogP contribution in [0, 0.1) is 0 Å². The molecule has 0 saturated carbocycles. The van der Waals surface area contributed by atoms with Crippen molar-refractivity contribution >= 4 is 75.9 Å².